The molecule has 2 aromatic rings. The molecule has 10 nitrogen and oxygen atoms in total. The number of pyridine rings is 1. The molecule has 1 aliphatic heterocycles. The summed E-state index contributed by atoms with van der Waals surface area (Å²) in [6, 6.07) is 4.13. The standard InChI is InChI=1S/C29H39N7O3/c1-29(2,3)39-28(38)33-19-26(37)34(4)20-23-6-5-7-24(16-23)25-17-31-27(32-18-25)36-14-12-35(13-15-36)21-22-8-10-30-11-9-22/h5-11,17-18,23H,12-16,19-21H2,1-4H3,(H,33,38). The van der Waals surface area contributed by atoms with E-state index >= 15 is 0 Å². The molecule has 3 heterocycles. The van der Waals surface area contributed by atoms with Gasteiger partial charge >= 0.3 is 6.09 Å². The summed E-state index contributed by atoms with van der Waals surface area (Å²) < 4.78 is 5.20. The van der Waals surface area contributed by atoms with Crippen LogP contribution in [0.25, 0.3) is 5.57 Å². The molecule has 1 saturated heterocycles. The number of likely N-dealkylation sites (N-methyl/N-ethyl adjacent to an activating group) is 1. The lowest BCUT2D eigenvalue weighted by atomic mass is 9.91. The minimum absolute atomic E-state index is 0.0994. The summed E-state index contributed by atoms with van der Waals surface area (Å²) in [5.74, 6) is 0.751. The third kappa shape index (κ3) is 8.61. The lowest BCUT2D eigenvalue weighted by molar-refractivity contribution is -0.129. The molecule has 208 valence electrons. The van der Waals surface area contributed by atoms with Gasteiger partial charge in [-0.05, 0) is 56.4 Å². The summed E-state index contributed by atoms with van der Waals surface area (Å²) in [5, 5.41) is 2.53. The second-order valence-corrected chi connectivity index (χ2v) is 11.1. The van der Waals surface area contributed by atoms with Crippen molar-refractivity contribution in [2.24, 2.45) is 5.92 Å². The fourth-order valence-corrected chi connectivity index (χ4v) is 4.64. The van der Waals surface area contributed by atoms with E-state index in [0.29, 0.717) is 6.54 Å². The number of nitrogens with one attached hydrogen (secondary N) is 1. The Hall–Kier alpha value is -3.79. The number of rotatable bonds is 8. The molecule has 1 aliphatic carbocycles. The minimum atomic E-state index is -0.605. The van der Waals surface area contributed by atoms with Gasteiger partial charge in [-0.1, -0.05) is 18.2 Å². The first kappa shape index (κ1) is 28.2. The fraction of sp³-hybridized carbons (Fsp3) is 0.483. The molecule has 2 aliphatic rings. The Morgan fingerprint density at radius 2 is 1.79 bits per heavy atom. The highest BCUT2D eigenvalue weighted by Gasteiger charge is 2.22. The first-order valence-corrected chi connectivity index (χ1v) is 13.4. The molecule has 4 rings (SSSR count). The number of ether oxygens (including phenoxy) is 1. The third-order valence-corrected chi connectivity index (χ3v) is 6.70. The number of carbonyl (C=O) groups is 2. The highest BCUT2D eigenvalue weighted by molar-refractivity contribution is 5.82. The number of hydrogen-bond acceptors (Lipinski definition) is 8. The van der Waals surface area contributed by atoms with Crippen molar-refractivity contribution in [3.8, 4) is 0 Å². The van der Waals surface area contributed by atoms with E-state index in [4.69, 9.17) is 4.74 Å². The number of hydrogen-bond donors (Lipinski definition) is 1. The van der Waals surface area contributed by atoms with Crippen LogP contribution in [-0.2, 0) is 16.1 Å². The van der Waals surface area contributed by atoms with Crippen molar-refractivity contribution in [2.45, 2.75) is 39.3 Å². The Morgan fingerprint density at radius 1 is 1.10 bits per heavy atom. The minimum Gasteiger partial charge on any atom is -0.444 e. The average molecular weight is 534 g/mol. The van der Waals surface area contributed by atoms with Gasteiger partial charge < -0.3 is 19.9 Å². The van der Waals surface area contributed by atoms with Gasteiger partial charge in [-0.3, -0.25) is 14.7 Å². The van der Waals surface area contributed by atoms with Crippen molar-refractivity contribution in [2.75, 3.05) is 51.2 Å². The lowest BCUT2D eigenvalue weighted by Gasteiger charge is -2.34. The van der Waals surface area contributed by atoms with E-state index < -0.39 is 11.7 Å². The molecular formula is C29H39N7O3. The van der Waals surface area contributed by atoms with E-state index in [1.807, 2.05) is 30.9 Å². The normalized spacial score (nSPS) is 17.9. The van der Waals surface area contributed by atoms with Crippen molar-refractivity contribution in [3.05, 3.63) is 66.3 Å². The molecule has 0 spiro atoms. The van der Waals surface area contributed by atoms with E-state index in [1.165, 1.54) is 5.56 Å². The number of nitrogens with zero attached hydrogens (tertiary/aromatic N) is 6. The monoisotopic (exact) mass is 533 g/mol. The summed E-state index contributed by atoms with van der Waals surface area (Å²) in [6.45, 7) is 10.4. The van der Waals surface area contributed by atoms with Gasteiger partial charge in [0.1, 0.15) is 12.1 Å². The zero-order valence-electron chi connectivity index (χ0n) is 23.3. The Balaban J connectivity index is 1.23. The zero-order valence-corrected chi connectivity index (χ0v) is 23.3. The van der Waals surface area contributed by atoms with Crippen LogP contribution in [0.2, 0.25) is 0 Å². The van der Waals surface area contributed by atoms with Gasteiger partial charge in [0.2, 0.25) is 11.9 Å². The van der Waals surface area contributed by atoms with Crippen molar-refractivity contribution < 1.29 is 14.3 Å². The zero-order chi connectivity index (χ0) is 27.8. The lowest BCUT2D eigenvalue weighted by Crippen LogP contribution is -2.46. The smallest absolute Gasteiger partial charge is 0.408 e. The molecule has 2 aromatic heterocycles. The molecule has 10 heteroatoms. The second kappa shape index (κ2) is 12.8. The van der Waals surface area contributed by atoms with Gasteiger partial charge in [-0.25, -0.2) is 14.8 Å². The largest absolute Gasteiger partial charge is 0.444 e. The summed E-state index contributed by atoms with van der Waals surface area (Å²) in [4.78, 5) is 44.1. The predicted molar refractivity (Wildman–Crippen MR) is 151 cm³/mol. The topological polar surface area (TPSA) is 104 Å². The quantitative estimate of drug-likeness (QED) is 0.552. The van der Waals surface area contributed by atoms with Crippen molar-refractivity contribution in [1.29, 1.82) is 0 Å². The predicted octanol–water partition coefficient (Wildman–Crippen LogP) is 3.14. The van der Waals surface area contributed by atoms with E-state index in [9.17, 15) is 9.59 Å². The molecule has 0 aromatic carbocycles. The summed E-state index contributed by atoms with van der Waals surface area (Å²) in [6.07, 6.45) is 13.9. The average Bonchev–Trinajstić information content (AvgIpc) is 2.92. The van der Waals surface area contributed by atoms with Crippen molar-refractivity contribution >= 4 is 23.5 Å². The molecule has 0 bridgehead atoms. The van der Waals surface area contributed by atoms with Gasteiger partial charge in [-0.15, -0.1) is 0 Å². The number of piperazine rings is 1. The number of amides is 2. The molecule has 0 radical (unpaired) electrons. The van der Waals surface area contributed by atoms with Crippen LogP contribution in [0, 0.1) is 5.92 Å². The maximum atomic E-state index is 12.5. The van der Waals surface area contributed by atoms with Crippen molar-refractivity contribution in [1.82, 2.24) is 30.1 Å². The van der Waals surface area contributed by atoms with Gasteiger partial charge in [-0.2, -0.15) is 0 Å². The first-order valence-electron chi connectivity index (χ1n) is 13.4. The number of anilines is 1. The van der Waals surface area contributed by atoms with Gasteiger partial charge in [0.25, 0.3) is 0 Å². The first-order chi connectivity index (χ1) is 18.7. The number of carbonyl (C=O) groups excluding carboxylic acids is 2. The maximum Gasteiger partial charge on any atom is 0.408 e. The van der Waals surface area contributed by atoms with E-state index in [1.54, 1.807) is 32.7 Å². The molecule has 1 unspecified atom stereocenters. The Labute approximate surface area is 230 Å². The van der Waals surface area contributed by atoms with Crippen LogP contribution in [0.3, 0.4) is 0 Å². The number of aromatic nitrogens is 3. The third-order valence-electron chi connectivity index (χ3n) is 6.70. The van der Waals surface area contributed by atoms with Crippen LogP contribution >= 0.6 is 0 Å². The number of allylic oxidation sites excluding steroid dienone is 3. The Bertz CT molecular complexity index is 1170. The molecule has 1 atom stereocenters. The second-order valence-electron chi connectivity index (χ2n) is 11.1. The van der Waals surface area contributed by atoms with Crippen LogP contribution in [0.5, 0.6) is 0 Å². The summed E-state index contributed by atoms with van der Waals surface area (Å²) >= 11 is 0. The number of alkyl carbamates (subject to hydrolysis) is 1. The fourth-order valence-electron chi connectivity index (χ4n) is 4.64. The molecule has 39 heavy (non-hydrogen) atoms. The van der Waals surface area contributed by atoms with Gasteiger partial charge in [0.05, 0.1) is 0 Å². The van der Waals surface area contributed by atoms with Crippen LogP contribution in [0.4, 0.5) is 10.7 Å². The van der Waals surface area contributed by atoms with Gasteiger partial charge in [0.15, 0.2) is 0 Å². The van der Waals surface area contributed by atoms with Crippen LogP contribution < -0.4 is 10.2 Å². The van der Waals surface area contributed by atoms with E-state index in [-0.39, 0.29) is 18.4 Å². The molecule has 1 fully saturated rings. The Morgan fingerprint density at radius 3 is 2.46 bits per heavy atom. The van der Waals surface area contributed by atoms with Crippen molar-refractivity contribution in [3.63, 3.8) is 0 Å². The van der Waals surface area contributed by atoms with Crippen LogP contribution in [0.1, 0.15) is 38.3 Å². The van der Waals surface area contributed by atoms with E-state index in [0.717, 1.165) is 56.2 Å². The molecule has 1 N–H and O–H groups in total. The van der Waals surface area contributed by atoms with Crippen LogP contribution in [-0.4, -0.2) is 88.7 Å². The Kier molecular flexibility index (Phi) is 9.29. The van der Waals surface area contributed by atoms with Crippen LogP contribution in [0.15, 0.2) is 55.1 Å². The van der Waals surface area contributed by atoms with Gasteiger partial charge in [0, 0.05) is 76.7 Å². The molecular weight excluding hydrogens is 494 g/mol. The maximum absolute atomic E-state index is 12.5. The highest BCUT2D eigenvalue weighted by Crippen LogP contribution is 2.27. The molecule has 0 saturated carbocycles. The summed E-state index contributed by atoms with van der Waals surface area (Å²) in [7, 11) is 1.75. The summed E-state index contributed by atoms with van der Waals surface area (Å²) in [5.41, 5.74) is 2.81. The van der Waals surface area contributed by atoms with E-state index in [2.05, 4.69) is 54.4 Å². The highest BCUT2D eigenvalue weighted by atomic mass is 16.6. The molecule has 2 amide bonds. The SMILES string of the molecule is CN(CC1C=CC=C(c2cnc(N3CCN(Cc4ccncc4)CC3)nc2)C1)C(=O)CNC(=O)OC(C)(C)C.